The molecule has 0 saturated heterocycles. The third kappa shape index (κ3) is 1.76. The third-order valence-electron chi connectivity index (χ3n) is 2.63. The molecule has 0 atom stereocenters. The molecule has 2 rings (SSSR count). The van der Waals surface area contributed by atoms with Gasteiger partial charge >= 0.3 is 0 Å². The van der Waals surface area contributed by atoms with E-state index in [-0.39, 0.29) is 35.2 Å². The number of aryl methyl sites for hydroxylation is 1. The average molecular weight is 241 g/mol. The lowest BCUT2D eigenvalue weighted by molar-refractivity contribution is 0.394. The summed E-state index contributed by atoms with van der Waals surface area (Å²) in [6.07, 6.45) is 0.196. The van der Waals surface area contributed by atoms with Crippen LogP contribution in [0.2, 0.25) is 0 Å². The molecule has 1 heterocycles. The highest BCUT2D eigenvalue weighted by Gasteiger charge is 2.22. The van der Waals surface area contributed by atoms with Gasteiger partial charge in [-0.15, -0.1) is 0 Å². The van der Waals surface area contributed by atoms with E-state index in [9.17, 15) is 8.78 Å². The first-order chi connectivity index (χ1) is 8.10. The molecule has 0 radical (unpaired) electrons. The van der Waals surface area contributed by atoms with Crippen molar-refractivity contribution >= 4 is 11.0 Å². The maximum Gasteiger partial charge on any atom is 0.179 e. The first kappa shape index (κ1) is 11.9. The molecule has 2 aromatic rings. The minimum absolute atomic E-state index is 0.0950. The Morgan fingerprint density at radius 2 is 2.06 bits per heavy atom. The number of hydrogen-bond acceptors (Lipinski definition) is 3. The zero-order valence-electron chi connectivity index (χ0n) is 9.64. The normalized spacial score (nSPS) is 11.1. The summed E-state index contributed by atoms with van der Waals surface area (Å²) in [4.78, 5) is 0. The molecule has 0 spiro atoms. The quantitative estimate of drug-likeness (QED) is 0.898. The van der Waals surface area contributed by atoms with Crippen molar-refractivity contribution in [3.63, 3.8) is 0 Å². The second-order valence-electron chi connectivity index (χ2n) is 3.78. The molecule has 0 saturated carbocycles. The van der Waals surface area contributed by atoms with Crippen LogP contribution in [-0.2, 0) is 6.42 Å². The molecule has 0 amide bonds. The summed E-state index contributed by atoms with van der Waals surface area (Å²) in [6.45, 7) is 1.87. The van der Waals surface area contributed by atoms with Crippen molar-refractivity contribution in [3.05, 3.63) is 29.0 Å². The summed E-state index contributed by atoms with van der Waals surface area (Å²) in [6, 6.07) is 1.45. The highest BCUT2D eigenvalue weighted by molar-refractivity contribution is 5.86. The monoisotopic (exact) mass is 241 g/mol. The summed E-state index contributed by atoms with van der Waals surface area (Å²) in [5.74, 6) is -1.11. The van der Waals surface area contributed by atoms with Crippen LogP contribution < -0.4 is 10.5 Å². The van der Waals surface area contributed by atoms with Crippen LogP contribution in [0.15, 0.2) is 10.5 Å². The summed E-state index contributed by atoms with van der Waals surface area (Å²) >= 11 is 0. The number of halogens is 2. The molecule has 0 aliphatic rings. The number of nitrogens with two attached hydrogens (primary N) is 1. The number of benzene rings is 1. The molecular formula is C12H13F2NO2. The van der Waals surface area contributed by atoms with Crippen LogP contribution in [0.3, 0.4) is 0 Å². The van der Waals surface area contributed by atoms with E-state index in [1.165, 1.54) is 13.2 Å². The number of ether oxygens (including phenoxy) is 1. The van der Waals surface area contributed by atoms with Gasteiger partial charge < -0.3 is 14.9 Å². The maximum atomic E-state index is 13.8. The zero-order chi connectivity index (χ0) is 12.6. The van der Waals surface area contributed by atoms with Crippen molar-refractivity contribution in [2.24, 2.45) is 5.73 Å². The standard InChI is InChI=1S/C12H13F2NO2/c1-6-5-8-10(14)9(13)7(3-4-15)11(16-2)12(8)17-6/h5H,3-4,15H2,1-2H3. The topological polar surface area (TPSA) is 48.4 Å². The third-order valence-corrected chi connectivity index (χ3v) is 2.63. The number of furan rings is 1. The van der Waals surface area contributed by atoms with E-state index in [1.54, 1.807) is 6.92 Å². The molecule has 0 aliphatic carbocycles. The highest BCUT2D eigenvalue weighted by atomic mass is 19.2. The van der Waals surface area contributed by atoms with E-state index < -0.39 is 11.6 Å². The summed E-state index contributed by atoms with van der Waals surface area (Å²) in [7, 11) is 1.39. The predicted molar refractivity (Wildman–Crippen MR) is 60.2 cm³/mol. The highest BCUT2D eigenvalue weighted by Crippen LogP contribution is 2.36. The van der Waals surface area contributed by atoms with E-state index in [1.807, 2.05) is 0 Å². The summed E-state index contributed by atoms with van der Waals surface area (Å²) < 4.78 is 38.0. The van der Waals surface area contributed by atoms with E-state index in [2.05, 4.69) is 0 Å². The SMILES string of the molecule is COc1c(CCN)c(F)c(F)c2cc(C)oc12. The van der Waals surface area contributed by atoms with Crippen LogP contribution in [-0.4, -0.2) is 13.7 Å². The van der Waals surface area contributed by atoms with Crippen molar-refractivity contribution in [1.29, 1.82) is 0 Å². The number of fused-ring (bicyclic) bond motifs is 1. The van der Waals surface area contributed by atoms with Crippen molar-refractivity contribution in [1.82, 2.24) is 0 Å². The lowest BCUT2D eigenvalue weighted by Crippen LogP contribution is -2.08. The van der Waals surface area contributed by atoms with Gasteiger partial charge in [-0.2, -0.15) is 0 Å². The Morgan fingerprint density at radius 1 is 1.35 bits per heavy atom. The van der Waals surface area contributed by atoms with Crippen LogP contribution >= 0.6 is 0 Å². The Hall–Kier alpha value is -1.62. The van der Waals surface area contributed by atoms with Crippen LogP contribution in [0.25, 0.3) is 11.0 Å². The smallest absolute Gasteiger partial charge is 0.179 e. The van der Waals surface area contributed by atoms with E-state index >= 15 is 0 Å². The predicted octanol–water partition coefficient (Wildman–Crippen LogP) is 2.53. The Bertz CT molecular complexity index is 563. The molecule has 92 valence electrons. The van der Waals surface area contributed by atoms with Gasteiger partial charge in [-0.25, -0.2) is 8.78 Å². The first-order valence-electron chi connectivity index (χ1n) is 5.24. The lowest BCUT2D eigenvalue weighted by Gasteiger charge is -2.10. The maximum absolute atomic E-state index is 13.8. The van der Waals surface area contributed by atoms with Gasteiger partial charge in [0.25, 0.3) is 0 Å². The molecule has 17 heavy (non-hydrogen) atoms. The zero-order valence-corrected chi connectivity index (χ0v) is 9.64. The molecular weight excluding hydrogens is 228 g/mol. The van der Waals surface area contributed by atoms with Crippen molar-refractivity contribution in [3.8, 4) is 5.75 Å². The van der Waals surface area contributed by atoms with Gasteiger partial charge in [-0.3, -0.25) is 0 Å². The fourth-order valence-corrected chi connectivity index (χ4v) is 1.92. The molecule has 5 heteroatoms. The van der Waals surface area contributed by atoms with Crippen molar-refractivity contribution in [2.75, 3.05) is 13.7 Å². The van der Waals surface area contributed by atoms with Crippen LogP contribution in [0.5, 0.6) is 5.75 Å². The Morgan fingerprint density at radius 3 is 2.65 bits per heavy atom. The molecule has 0 aliphatic heterocycles. The van der Waals surface area contributed by atoms with Gasteiger partial charge in [0.2, 0.25) is 0 Å². The minimum atomic E-state index is -0.916. The Kier molecular flexibility index (Phi) is 3.02. The van der Waals surface area contributed by atoms with Gasteiger partial charge in [0.1, 0.15) is 5.76 Å². The van der Waals surface area contributed by atoms with Gasteiger partial charge in [-0.05, 0) is 26.0 Å². The molecule has 3 nitrogen and oxygen atoms in total. The van der Waals surface area contributed by atoms with Crippen molar-refractivity contribution < 1.29 is 17.9 Å². The molecule has 1 aromatic heterocycles. The molecule has 0 bridgehead atoms. The molecule has 1 aromatic carbocycles. The van der Waals surface area contributed by atoms with E-state index in [0.29, 0.717) is 5.76 Å². The van der Waals surface area contributed by atoms with E-state index in [0.717, 1.165) is 0 Å². The Balaban J connectivity index is 2.84. The number of hydrogen-bond donors (Lipinski definition) is 1. The van der Waals surface area contributed by atoms with Gasteiger partial charge in [0, 0.05) is 5.56 Å². The fraction of sp³-hybridized carbons (Fsp3) is 0.333. The second kappa shape index (κ2) is 4.33. The largest absolute Gasteiger partial charge is 0.492 e. The Labute approximate surface area is 97.2 Å². The van der Waals surface area contributed by atoms with Crippen LogP contribution in [0.4, 0.5) is 8.78 Å². The minimum Gasteiger partial charge on any atom is -0.492 e. The molecule has 2 N–H and O–H groups in total. The van der Waals surface area contributed by atoms with Gasteiger partial charge in [0.15, 0.2) is 23.0 Å². The van der Waals surface area contributed by atoms with E-state index in [4.69, 9.17) is 14.9 Å². The second-order valence-corrected chi connectivity index (χ2v) is 3.78. The van der Waals surface area contributed by atoms with Crippen molar-refractivity contribution in [2.45, 2.75) is 13.3 Å². The number of methoxy groups -OCH3 is 1. The average Bonchev–Trinajstić information content (AvgIpc) is 2.68. The van der Waals surface area contributed by atoms with Crippen LogP contribution in [0.1, 0.15) is 11.3 Å². The number of rotatable bonds is 3. The first-order valence-corrected chi connectivity index (χ1v) is 5.24. The molecule has 0 fully saturated rings. The fourth-order valence-electron chi connectivity index (χ4n) is 1.92. The summed E-state index contributed by atoms with van der Waals surface area (Å²) in [5, 5.41) is 0.0950. The van der Waals surface area contributed by atoms with Crippen LogP contribution in [0, 0.1) is 18.6 Å². The van der Waals surface area contributed by atoms with Gasteiger partial charge in [0.05, 0.1) is 12.5 Å². The lowest BCUT2D eigenvalue weighted by atomic mass is 10.1. The molecule has 0 unspecified atom stereocenters. The van der Waals surface area contributed by atoms with Gasteiger partial charge in [-0.1, -0.05) is 0 Å². The summed E-state index contributed by atoms with van der Waals surface area (Å²) in [5.41, 5.74) is 5.73.